The van der Waals surface area contributed by atoms with Crippen LogP contribution in [-0.4, -0.2) is 16.9 Å². The van der Waals surface area contributed by atoms with Gasteiger partial charge in [0.1, 0.15) is 0 Å². The Balaban J connectivity index is 0.00000180. The van der Waals surface area contributed by atoms with Crippen molar-refractivity contribution in [2.75, 3.05) is 0 Å². The Kier molecular flexibility index (Phi) is 8.15. The number of carbonyl (C=O) groups is 1. The monoisotopic (exact) mass is 315 g/mol. The molecule has 110 valence electrons. The number of carbonyl (C=O) groups excluding carboxylic acids is 1. The number of hydrogen-bond donors (Lipinski definition) is 2. The SMILES string of the molecule is CC(N)CC(=O)NCc1cnc2ccccc2c1.Cl.Cl. The normalized spacial score (nSPS) is 11.1. The van der Waals surface area contributed by atoms with Gasteiger partial charge in [-0.2, -0.15) is 0 Å². The average molecular weight is 316 g/mol. The second-order valence-electron chi connectivity index (χ2n) is 4.49. The molecule has 3 N–H and O–H groups in total. The number of amides is 1. The summed E-state index contributed by atoms with van der Waals surface area (Å²) in [6, 6.07) is 9.83. The molecule has 0 fully saturated rings. The Labute approximate surface area is 131 Å². The van der Waals surface area contributed by atoms with Gasteiger partial charge in [0.2, 0.25) is 5.91 Å². The Bertz CT molecular complexity index is 561. The Morgan fingerprint density at radius 2 is 2.05 bits per heavy atom. The molecule has 1 unspecified atom stereocenters. The maximum Gasteiger partial charge on any atom is 0.221 e. The lowest BCUT2D eigenvalue weighted by Gasteiger charge is -2.07. The van der Waals surface area contributed by atoms with Crippen molar-refractivity contribution >= 4 is 41.6 Å². The van der Waals surface area contributed by atoms with E-state index in [0.29, 0.717) is 13.0 Å². The maximum absolute atomic E-state index is 11.5. The zero-order valence-corrected chi connectivity index (χ0v) is 12.8. The second-order valence-corrected chi connectivity index (χ2v) is 4.49. The third-order valence-corrected chi connectivity index (χ3v) is 2.64. The minimum absolute atomic E-state index is 0. The number of benzene rings is 1. The molecular weight excluding hydrogens is 297 g/mol. The molecule has 0 aliphatic rings. The lowest BCUT2D eigenvalue weighted by Crippen LogP contribution is -2.29. The van der Waals surface area contributed by atoms with Gasteiger partial charge in [-0.05, 0) is 24.6 Å². The topological polar surface area (TPSA) is 68.0 Å². The van der Waals surface area contributed by atoms with Gasteiger partial charge < -0.3 is 11.1 Å². The Morgan fingerprint density at radius 3 is 2.75 bits per heavy atom. The molecule has 1 aromatic heterocycles. The van der Waals surface area contributed by atoms with Gasteiger partial charge in [0.25, 0.3) is 0 Å². The third-order valence-electron chi connectivity index (χ3n) is 2.64. The van der Waals surface area contributed by atoms with E-state index in [1.807, 2.05) is 37.3 Å². The van der Waals surface area contributed by atoms with Crippen molar-refractivity contribution in [1.82, 2.24) is 10.3 Å². The van der Waals surface area contributed by atoms with Crippen LogP contribution < -0.4 is 11.1 Å². The number of para-hydroxylation sites is 1. The number of pyridine rings is 1. The average Bonchev–Trinajstić information content (AvgIpc) is 2.35. The molecule has 1 atom stereocenters. The number of nitrogens with one attached hydrogen (secondary N) is 1. The van der Waals surface area contributed by atoms with Crippen LogP contribution in [-0.2, 0) is 11.3 Å². The number of rotatable bonds is 4. The Morgan fingerprint density at radius 1 is 1.35 bits per heavy atom. The first kappa shape index (κ1) is 18.6. The number of nitrogens with zero attached hydrogens (tertiary/aromatic N) is 1. The highest BCUT2D eigenvalue weighted by Crippen LogP contribution is 2.12. The first-order valence-electron chi connectivity index (χ1n) is 6.01. The molecule has 0 aliphatic heterocycles. The number of hydrogen-bond acceptors (Lipinski definition) is 3. The minimum atomic E-state index is -0.111. The summed E-state index contributed by atoms with van der Waals surface area (Å²) in [5.41, 5.74) is 7.52. The first-order chi connectivity index (χ1) is 8.65. The molecule has 2 aromatic rings. The summed E-state index contributed by atoms with van der Waals surface area (Å²) >= 11 is 0. The summed E-state index contributed by atoms with van der Waals surface area (Å²) in [5, 5.41) is 3.92. The summed E-state index contributed by atoms with van der Waals surface area (Å²) in [6.45, 7) is 2.31. The van der Waals surface area contributed by atoms with Crippen LogP contribution >= 0.6 is 24.8 Å². The number of halogens is 2. The fourth-order valence-electron chi connectivity index (χ4n) is 1.78. The predicted molar refractivity (Wildman–Crippen MR) is 86.4 cm³/mol. The highest BCUT2D eigenvalue weighted by Gasteiger charge is 2.05. The molecule has 4 nitrogen and oxygen atoms in total. The van der Waals surface area contributed by atoms with E-state index in [9.17, 15) is 4.79 Å². The van der Waals surface area contributed by atoms with Crippen molar-refractivity contribution in [2.45, 2.75) is 25.9 Å². The summed E-state index contributed by atoms with van der Waals surface area (Å²) in [4.78, 5) is 15.8. The molecule has 0 aliphatic carbocycles. The highest BCUT2D eigenvalue weighted by atomic mass is 35.5. The molecule has 2 rings (SSSR count). The van der Waals surface area contributed by atoms with E-state index in [4.69, 9.17) is 5.73 Å². The van der Waals surface area contributed by atoms with Crippen LogP contribution in [0.4, 0.5) is 0 Å². The van der Waals surface area contributed by atoms with E-state index in [-0.39, 0.29) is 36.8 Å². The van der Waals surface area contributed by atoms with Crippen LogP contribution in [0, 0.1) is 0 Å². The van der Waals surface area contributed by atoms with Crippen LogP contribution in [0.3, 0.4) is 0 Å². The van der Waals surface area contributed by atoms with Crippen molar-refractivity contribution in [3.8, 4) is 0 Å². The molecule has 0 radical (unpaired) electrons. The van der Waals surface area contributed by atoms with Gasteiger partial charge in [0, 0.05) is 30.6 Å². The van der Waals surface area contributed by atoms with E-state index in [0.717, 1.165) is 16.5 Å². The zero-order valence-electron chi connectivity index (χ0n) is 11.2. The van der Waals surface area contributed by atoms with E-state index < -0.39 is 0 Å². The first-order valence-corrected chi connectivity index (χ1v) is 6.01. The molecule has 0 saturated carbocycles. The van der Waals surface area contributed by atoms with Crippen LogP contribution in [0.2, 0.25) is 0 Å². The van der Waals surface area contributed by atoms with E-state index in [2.05, 4.69) is 10.3 Å². The summed E-state index contributed by atoms with van der Waals surface area (Å²) in [6.07, 6.45) is 2.13. The van der Waals surface area contributed by atoms with E-state index in [1.54, 1.807) is 6.20 Å². The van der Waals surface area contributed by atoms with E-state index >= 15 is 0 Å². The van der Waals surface area contributed by atoms with Crippen molar-refractivity contribution < 1.29 is 4.79 Å². The molecule has 1 amide bonds. The van der Waals surface area contributed by atoms with Crippen molar-refractivity contribution in [3.05, 3.63) is 42.1 Å². The summed E-state index contributed by atoms with van der Waals surface area (Å²) in [5.74, 6) is -0.0295. The van der Waals surface area contributed by atoms with Gasteiger partial charge in [0.05, 0.1) is 5.52 Å². The van der Waals surface area contributed by atoms with Gasteiger partial charge in [-0.3, -0.25) is 9.78 Å². The molecule has 1 heterocycles. The van der Waals surface area contributed by atoms with Crippen LogP contribution in [0.15, 0.2) is 36.5 Å². The quantitative estimate of drug-likeness (QED) is 0.910. The zero-order chi connectivity index (χ0) is 13.0. The molecule has 0 spiro atoms. The Hall–Kier alpha value is -1.36. The van der Waals surface area contributed by atoms with Crippen LogP contribution in [0.25, 0.3) is 10.9 Å². The maximum atomic E-state index is 11.5. The van der Waals surface area contributed by atoms with Crippen molar-refractivity contribution in [1.29, 1.82) is 0 Å². The van der Waals surface area contributed by atoms with Crippen LogP contribution in [0.5, 0.6) is 0 Å². The summed E-state index contributed by atoms with van der Waals surface area (Å²) < 4.78 is 0. The lowest BCUT2D eigenvalue weighted by molar-refractivity contribution is -0.121. The number of aromatic nitrogens is 1. The van der Waals surface area contributed by atoms with Gasteiger partial charge >= 0.3 is 0 Å². The molecular formula is C14H19Cl2N3O. The molecule has 20 heavy (non-hydrogen) atoms. The van der Waals surface area contributed by atoms with Crippen molar-refractivity contribution in [3.63, 3.8) is 0 Å². The highest BCUT2D eigenvalue weighted by molar-refractivity contribution is 5.85. The second kappa shape index (κ2) is 8.74. The van der Waals surface area contributed by atoms with E-state index in [1.165, 1.54) is 0 Å². The van der Waals surface area contributed by atoms with Gasteiger partial charge in [-0.15, -0.1) is 24.8 Å². The molecule has 1 aromatic carbocycles. The molecule has 0 bridgehead atoms. The number of nitrogens with two attached hydrogens (primary N) is 1. The predicted octanol–water partition coefficient (Wildman–Crippen LogP) is 2.43. The smallest absolute Gasteiger partial charge is 0.221 e. The number of fused-ring (bicyclic) bond motifs is 1. The van der Waals surface area contributed by atoms with Gasteiger partial charge in [-0.25, -0.2) is 0 Å². The standard InChI is InChI=1S/C14H17N3O.2ClH/c1-10(15)6-14(18)17-9-11-7-12-4-2-3-5-13(12)16-8-11;;/h2-5,7-8,10H,6,9,15H2,1H3,(H,17,18);2*1H. The van der Waals surface area contributed by atoms with Crippen LogP contribution in [0.1, 0.15) is 18.9 Å². The summed E-state index contributed by atoms with van der Waals surface area (Å²) in [7, 11) is 0. The van der Waals surface area contributed by atoms with Gasteiger partial charge in [0.15, 0.2) is 0 Å². The third kappa shape index (κ3) is 5.33. The fourth-order valence-corrected chi connectivity index (χ4v) is 1.78. The lowest BCUT2D eigenvalue weighted by atomic mass is 10.1. The molecule has 6 heteroatoms. The minimum Gasteiger partial charge on any atom is -0.352 e. The van der Waals surface area contributed by atoms with Gasteiger partial charge in [-0.1, -0.05) is 18.2 Å². The molecule has 0 saturated heterocycles. The fraction of sp³-hybridized carbons (Fsp3) is 0.286. The largest absolute Gasteiger partial charge is 0.352 e. The van der Waals surface area contributed by atoms with Crippen molar-refractivity contribution in [2.24, 2.45) is 5.73 Å².